The quantitative estimate of drug-likeness (QED) is 0.0542. The number of esters is 4. The highest BCUT2D eigenvalue weighted by Gasteiger charge is 2.43. The van der Waals surface area contributed by atoms with Crippen LogP contribution < -0.4 is 5.73 Å². The number of hydrogen-bond acceptors (Lipinski definition) is 10. The molecule has 0 aromatic heterocycles. The lowest BCUT2D eigenvalue weighted by molar-refractivity contribution is -0.187. The Hall–Kier alpha value is -3.11. The molecule has 0 unspecified atom stereocenters. The Bertz CT molecular complexity index is 1140. The third-order valence-electron chi connectivity index (χ3n) is 10.2. The molecule has 0 radical (unpaired) electrons. The lowest BCUT2D eigenvalue weighted by Gasteiger charge is -2.38. The maximum Gasteiger partial charge on any atom is 0.404 e. The van der Waals surface area contributed by atoms with Gasteiger partial charge in [0.05, 0.1) is 5.92 Å². The van der Waals surface area contributed by atoms with Gasteiger partial charge in [0.25, 0.3) is 0 Å². The molecule has 1 amide bonds. The van der Waals surface area contributed by atoms with Crippen LogP contribution in [0.5, 0.6) is 0 Å². The van der Waals surface area contributed by atoms with Crippen molar-refractivity contribution in [2.75, 3.05) is 0 Å². The number of carbonyl (C=O) groups is 5. The molecule has 1 heterocycles. The molecule has 2 N–H and O–H groups in total. The standard InChI is InChI=1S/C39H67NO10/c1-13-14-17-24(4)35(50-39(40)45)28(8)36(47-31(11)42)26(6)21-22(2)20-25(5)34(46-30(10)41)23(3)18-15-16-19-33-27(7)37(48-32(12)43)29(9)38(44)49-33/h20,23-29,33-37H,13-19,21H2,1-12H3,(H2,40,45)/b22-20-/t23-,24-,25-,26-,27-,28+,29+,33-,34-,35-,36+,37-/m0/s1. The van der Waals surface area contributed by atoms with Crippen molar-refractivity contribution in [1.29, 1.82) is 0 Å². The largest absolute Gasteiger partial charge is 0.462 e. The topological polar surface area (TPSA) is 158 Å². The normalized spacial score (nSPS) is 24.3. The van der Waals surface area contributed by atoms with Gasteiger partial charge in [-0.05, 0) is 63.7 Å². The number of hydrogen-bond donors (Lipinski definition) is 1. The maximum atomic E-state index is 12.4. The van der Waals surface area contributed by atoms with Crippen molar-refractivity contribution in [2.45, 2.75) is 165 Å². The SMILES string of the molecule is CCCC[C@H](C)[C@H](OC(N)=O)[C@@H](C)[C@H](OC(C)=O)[C@@H](C)C/C(C)=C\[C@H](C)[C@@H](OC(C)=O)[C@@H](C)CCCC[C@@H]1OC(=O)[C@H](C)[C@@H](OC(C)=O)[C@H]1C. The van der Waals surface area contributed by atoms with Gasteiger partial charge in [0.2, 0.25) is 0 Å². The van der Waals surface area contributed by atoms with Crippen molar-refractivity contribution in [1.82, 2.24) is 0 Å². The molecule has 0 spiro atoms. The fraction of sp³-hybridized carbons (Fsp3) is 0.821. The minimum Gasteiger partial charge on any atom is -0.462 e. The number of allylic oxidation sites excluding steroid dienone is 1. The van der Waals surface area contributed by atoms with Crippen molar-refractivity contribution < 1.29 is 47.7 Å². The highest BCUT2D eigenvalue weighted by Crippen LogP contribution is 2.34. The van der Waals surface area contributed by atoms with Crippen molar-refractivity contribution in [3.63, 3.8) is 0 Å². The first kappa shape index (κ1) is 44.9. The van der Waals surface area contributed by atoms with Gasteiger partial charge in [-0.3, -0.25) is 19.2 Å². The average molecular weight is 710 g/mol. The molecule has 1 aliphatic rings. The second kappa shape index (κ2) is 22.0. The van der Waals surface area contributed by atoms with Crippen molar-refractivity contribution >= 4 is 30.0 Å². The van der Waals surface area contributed by atoms with Gasteiger partial charge in [-0.15, -0.1) is 0 Å². The summed E-state index contributed by atoms with van der Waals surface area (Å²) in [5, 5.41) is 0. The molecule has 1 rings (SSSR count). The van der Waals surface area contributed by atoms with Crippen LogP contribution in [0.25, 0.3) is 0 Å². The van der Waals surface area contributed by atoms with Crippen molar-refractivity contribution in [2.24, 2.45) is 47.2 Å². The Labute approximate surface area is 301 Å². The number of carbonyl (C=O) groups excluding carboxylic acids is 5. The lowest BCUT2D eigenvalue weighted by Crippen LogP contribution is -2.48. The number of rotatable bonds is 21. The number of ether oxygens (including phenoxy) is 5. The molecule has 50 heavy (non-hydrogen) atoms. The summed E-state index contributed by atoms with van der Waals surface area (Å²) in [6.07, 6.45) is 5.63. The number of primary amides is 1. The van der Waals surface area contributed by atoms with Gasteiger partial charge in [0.1, 0.15) is 30.5 Å². The molecule has 11 nitrogen and oxygen atoms in total. The molecule has 1 aliphatic heterocycles. The molecule has 0 aromatic rings. The van der Waals surface area contributed by atoms with Crippen LogP contribution >= 0.6 is 0 Å². The van der Waals surface area contributed by atoms with E-state index < -0.39 is 42.3 Å². The Balaban J connectivity index is 2.98. The zero-order valence-electron chi connectivity index (χ0n) is 32.8. The first-order valence-corrected chi connectivity index (χ1v) is 18.7. The number of cyclic esters (lactones) is 1. The number of amides is 1. The Morgan fingerprint density at radius 2 is 1.32 bits per heavy atom. The van der Waals surface area contributed by atoms with Crippen LogP contribution in [0.4, 0.5) is 4.79 Å². The van der Waals surface area contributed by atoms with Gasteiger partial charge < -0.3 is 29.4 Å². The van der Waals surface area contributed by atoms with Crippen LogP contribution in [0.15, 0.2) is 11.6 Å². The van der Waals surface area contributed by atoms with E-state index in [4.69, 9.17) is 29.4 Å². The van der Waals surface area contributed by atoms with Crippen molar-refractivity contribution in [3.8, 4) is 0 Å². The number of unbranched alkanes of at least 4 members (excludes halogenated alkanes) is 2. The minimum absolute atomic E-state index is 0.0350. The third-order valence-corrected chi connectivity index (χ3v) is 10.2. The molecule has 0 saturated carbocycles. The minimum atomic E-state index is -0.843. The van der Waals surface area contributed by atoms with Gasteiger partial charge in [0.15, 0.2) is 0 Å². The highest BCUT2D eigenvalue weighted by molar-refractivity contribution is 5.75. The van der Waals surface area contributed by atoms with E-state index >= 15 is 0 Å². The van der Waals surface area contributed by atoms with Crippen LogP contribution in [0.1, 0.15) is 134 Å². The maximum absolute atomic E-state index is 12.4. The van der Waals surface area contributed by atoms with E-state index in [0.717, 1.165) is 44.1 Å². The zero-order valence-corrected chi connectivity index (χ0v) is 32.8. The second-order valence-electron chi connectivity index (χ2n) is 15.0. The van der Waals surface area contributed by atoms with Crippen LogP contribution in [0.3, 0.4) is 0 Å². The molecule has 288 valence electrons. The van der Waals surface area contributed by atoms with E-state index in [1.54, 1.807) is 6.92 Å². The summed E-state index contributed by atoms with van der Waals surface area (Å²) in [6.45, 7) is 22.1. The van der Waals surface area contributed by atoms with Crippen LogP contribution in [-0.4, -0.2) is 60.5 Å². The Morgan fingerprint density at radius 1 is 0.780 bits per heavy atom. The summed E-state index contributed by atoms with van der Waals surface area (Å²) >= 11 is 0. The molecule has 0 aromatic carbocycles. The highest BCUT2D eigenvalue weighted by atomic mass is 16.6. The summed E-state index contributed by atoms with van der Waals surface area (Å²) < 4.78 is 28.5. The van der Waals surface area contributed by atoms with E-state index in [9.17, 15) is 24.0 Å². The summed E-state index contributed by atoms with van der Waals surface area (Å²) in [6, 6.07) is 0. The van der Waals surface area contributed by atoms with Gasteiger partial charge in [-0.25, -0.2) is 4.79 Å². The van der Waals surface area contributed by atoms with Gasteiger partial charge in [-0.2, -0.15) is 0 Å². The van der Waals surface area contributed by atoms with E-state index in [1.807, 2.05) is 41.5 Å². The molecule has 1 fully saturated rings. The summed E-state index contributed by atoms with van der Waals surface area (Å²) in [5.41, 5.74) is 6.52. The third kappa shape index (κ3) is 15.0. The van der Waals surface area contributed by atoms with Crippen LogP contribution in [0, 0.1) is 41.4 Å². The van der Waals surface area contributed by atoms with E-state index in [2.05, 4.69) is 19.9 Å². The molecule has 1 saturated heterocycles. The monoisotopic (exact) mass is 709 g/mol. The smallest absolute Gasteiger partial charge is 0.404 e. The molecule has 0 bridgehead atoms. The van der Waals surface area contributed by atoms with E-state index in [1.165, 1.54) is 20.8 Å². The summed E-state index contributed by atoms with van der Waals surface area (Å²) in [7, 11) is 0. The van der Waals surface area contributed by atoms with Crippen LogP contribution in [0.2, 0.25) is 0 Å². The molecule has 0 aliphatic carbocycles. The Kier molecular flexibility index (Phi) is 19.7. The fourth-order valence-electron chi connectivity index (χ4n) is 7.72. The van der Waals surface area contributed by atoms with Gasteiger partial charge >= 0.3 is 30.0 Å². The first-order valence-electron chi connectivity index (χ1n) is 18.7. The average Bonchev–Trinajstić information content (AvgIpc) is 3.01. The fourth-order valence-corrected chi connectivity index (χ4v) is 7.72. The summed E-state index contributed by atoms with van der Waals surface area (Å²) in [5.74, 6) is -2.49. The van der Waals surface area contributed by atoms with E-state index in [-0.39, 0.29) is 59.7 Å². The predicted molar refractivity (Wildman–Crippen MR) is 192 cm³/mol. The van der Waals surface area contributed by atoms with Crippen molar-refractivity contribution in [3.05, 3.63) is 11.6 Å². The van der Waals surface area contributed by atoms with Gasteiger partial charge in [0, 0.05) is 38.5 Å². The Morgan fingerprint density at radius 3 is 1.86 bits per heavy atom. The molecular formula is C39H67NO10. The summed E-state index contributed by atoms with van der Waals surface area (Å²) in [4.78, 5) is 60.3. The predicted octanol–water partition coefficient (Wildman–Crippen LogP) is 7.71. The molecule has 12 atom stereocenters. The second-order valence-corrected chi connectivity index (χ2v) is 15.0. The lowest BCUT2D eigenvalue weighted by atomic mass is 9.80. The molecular weight excluding hydrogens is 642 g/mol. The first-order chi connectivity index (χ1) is 23.3. The zero-order chi connectivity index (χ0) is 38.3. The van der Waals surface area contributed by atoms with Crippen LogP contribution in [-0.2, 0) is 42.9 Å². The van der Waals surface area contributed by atoms with Gasteiger partial charge in [-0.1, -0.05) is 79.4 Å². The van der Waals surface area contributed by atoms with E-state index in [0.29, 0.717) is 12.8 Å². The number of nitrogens with two attached hydrogens (primary N) is 1. The molecule has 11 heteroatoms.